The number of hydrogen-bond donors (Lipinski definition) is 0. The van der Waals surface area contributed by atoms with Gasteiger partial charge in [-0.3, -0.25) is 19.7 Å². The number of carbonyl (C=O) groups excluding carboxylic acids is 1. The Bertz CT molecular complexity index is 1420. The number of amides is 1. The van der Waals surface area contributed by atoms with E-state index in [1.54, 1.807) is 0 Å². The standard InChI is InChI=1S/C21H18FN5O6S/c22-15-4-6-16(7-5-15)26-20(28)9-8-19(23-26)21(29)24-10-12-25(13-11-24)34(32,33)18-3-1-2-17(14-18)27(30)31/h1-9,14H,10-13H2. The van der Waals surface area contributed by atoms with Crippen molar-refractivity contribution >= 4 is 21.6 Å². The summed E-state index contributed by atoms with van der Waals surface area (Å²) in [5.74, 6) is -0.981. The molecule has 2 aromatic carbocycles. The third-order valence-electron chi connectivity index (χ3n) is 5.28. The van der Waals surface area contributed by atoms with Gasteiger partial charge >= 0.3 is 0 Å². The van der Waals surface area contributed by atoms with Crippen LogP contribution in [0.25, 0.3) is 5.69 Å². The van der Waals surface area contributed by atoms with Crippen molar-refractivity contribution in [2.45, 2.75) is 4.90 Å². The molecule has 0 bridgehead atoms. The van der Waals surface area contributed by atoms with Crippen LogP contribution in [0.15, 0.2) is 70.4 Å². The molecular formula is C21H18FN5O6S. The van der Waals surface area contributed by atoms with E-state index in [0.717, 1.165) is 15.1 Å². The van der Waals surface area contributed by atoms with Crippen molar-refractivity contribution in [2.75, 3.05) is 26.2 Å². The highest BCUT2D eigenvalue weighted by Crippen LogP contribution is 2.22. The molecule has 34 heavy (non-hydrogen) atoms. The van der Waals surface area contributed by atoms with Gasteiger partial charge in [-0.05, 0) is 36.4 Å². The van der Waals surface area contributed by atoms with Gasteiger partial charge in [0.1, 0.15) is 11.5 Å². The number of sulfonamides is 1. The topological polar surface area (TPSA) is 136 Å². The Hall–Kier alpha value is -3.97. The smallest absolute Gasteiger partial charge is 0.274 e. The van der Waals surface area contributed by atoms with Crippen LogP contribution in [0, 0.1) is 15.9 Å². The summed E-state index contributed by atoms with van der Waals surface area (Å²) in [4.78, 5) is 36.6. The molecule has 2 heterocycles. The van der Waals surface area contributed by atoms with Gasteiger partial charge in [0.2, 0.25) is 10.0 Å². The van der Waals surface area contributed by atoms with Crippen molar-refractivity contribution in [3.63, 3.8) is 0 Å². The summed E-state index contributed by atoms with van der Waals surface area (Å²) in [5, 5.41) is 15.1. The molecule has 4 rings (SSSR count). The van der Waals surface area contributed by atoms with Crippen LogP contribution in [0.5, 0.6) is 0 Å². The Morgan fingerprint density at radius 2 is 1.68 bits per heavy atom. The fraction of sp³-hybridized carbons (Fsp3) is 0.190. The Labute approximate surface area is 192 Å². The number of aromatic nitrogens is 2. The maximum atomic E-state index is 13.2. The maximum Gasteiger partial charge on any atom is 0.274 e. The monoisotopic (exact) mass is 487 g/mol. The average molecular weight is 487 g/mol. The van der Waals surface area contributed by atoms with Crippen LogP contribution in [-0.4, -0.2) is 64.4 Å². The molecule has 176 valence electrons. The first-order chi connectivity index (χ1) is 16.2. The first-order valence-electron chi connectivity index (χ1n) is 10.1. The van der Waals surface area contributed by atoms with Crippen molar-refractivity contribution < 1.29 is 22.5 Å². The number of piperazine rings is 1. The summed E-state index contributed by atoms with van der Waals surface area (Å²) in [6.45, 7) is 0.0808. The van der Waals surface area contributed by atoms with E-state index in [2.05, 4.69) is 5.10 Å². The number of hydrogen-bond acceptors (Lipinski definition) is 7. The summed E-state index contributed by atoms with van der Waals surface area (Å²) < 4.78 is 41.1. The minimum atomic E-state index is -3.98. The minimum absolute atomic E-state index is 0.0195. The van der Waals surface area contributed by atoms with Crippen LogP contribution in [-0.2, 0) is 10.0 Å². The lowest BCUT2D eigenvalue weighted by Crippen LogP contribution is -2.50. The predicted molar refractivity (Wildman–Crippen MR) is 118 cm³/mol. The molecule has 0 unspecified atom stereocenters. The van der Waals surface area contributed by atoms with E-state index in [-0.39, 0.29) is 48.1 Å². The summed E-state index contributed by atoms with van der Waals surface area (Å²) in [6, 6.07) is 12.3. The molecule has 0 spiro atoms. The molecule has 0 atom stereocenters. The molecule has 0 aliphatic carbocycles. The van der Waals surface area contributed by atoms with Crippen LogP contribution in [0.4, 0.5) is 10.1 Å². The summed E-state index contributed by atoms with van der Waals surface area (Å²) >= 11 is 0. The highest BCUT2D eigenvalue weighted by Gasteiger charge is 2.31. The first-order valence-corrected chi connectivity index (χ1v) is 11.5. The van der Waals surface area contributed by atoms with Crippen molar-refractivity contribution in [3.05, 3.63) is 92.6 Å². The number of non-ortho nitro benzene ring substituents is 1. The zero-order chi connectivity index (χ0) is 24.5. The number of carbonyl (C=O) groups is 1. The third kappa shape index (κ3) is 4.56. The SMILES string of the molecule is O=C(c1ccc(=O)n(-c2ccc(F)cc2)n1)N1CCN(S(=O)(=O)c2cccc([N+](=O)[O-])c2)CC1. The summed E-state index contributed by atoms with van der Waals surface area (Å²) in [5.41, 5.74) is -0.582. The van der Waals surface area contributed by atoms with Crippen molar-refractivity contribution in [2.24, 2.45) is 0 Å². The molecule has 11 nitrogen and oxygen atoms in total. The van der Waals surface area contributed by atoms with Gasteiger partial charge in [-0.1, -0.05) is 6.07 Å². The highest BCUT2D eigenvalue weighted by atomic mass is 32.2. The Morgan fingerprint density at radius 3 is 2.32 bits per heavy atom. The van der Waals surface area contributed by atoms with Crippen molar-refractivity contribution in [3.8, 4) is 5.69 Å². The van der Waals surface area contributed by atoms with E-state index in [9.17, 15) is 32.5 Å². The fourth-order valence-corrected chi connectivity index (χ4v) is 4.96. The van der Waals surface area contributed by atoms with Crippen molar-refractivity contribution in [1.29, 1.82) is 0 Å². The molecule has 3 aromatic rings. The first kappa shape index (κ1) is 23.2. The largest absolute Gasteiger partial charge is 0.335 e. The molecule has 1 aliphatic rings. The number of rotatable bonds is 5. The Kier molecular flexibility index (Phi) is 6.22. The fourth-order valence-electron chi connectivity index (χ4n) is 3.49. The van der Waals surface area contributed by atoms with E-state index in [0.29, 0.717) is 0 Å². The molecule has 0 saturated carbocycles. The Balaban J connectivity index is 1.49. The summed E-state index contributed by atoms with van der Waals surface area (Å²) in [6.07, 6.45) is 0. The number of nitro groups is 1. The third-order valence-corrected chi connectivity index (χ3v) is 7.18. The molecule has 1 fully saturated rings. The number of nitrogens with zero attached hydrogens (tertiary/aromatic N) is 5. The van der Waals surface area contributed by atoms with E-state index >= 15 is 0 Å². The molecule has 0 radical (unpaired) electrons. The minimum Gasteiger partial charge on any atom is -0.335 e. The molecule has 0 N–H and O–H groups in total. The van der Waals surface area contributed by atoms with Crippen LogP contribution in [0.2, 0.25) is 0 Å². The second-order valence-corrected chi connectivity index (χ2v) is 9.33. The van der Waals surface area contributed by atoms with E-state index < -0.39 is 32.2 Å². The number of nitro benzene ring substituents is 1. The van der Waals surface area contributed by atoms with Gasteiger partial charge in [-0.25, -0.2) is 12.8 Å². The van der Waals surface area contributed by atoms with Crippen molar-refractivity contribution in [1.82, 2.24) is 19.0 Å². The quantitative estimate of drug-likeness (QED) is 0.392. The van der Waals surface area contributed by atoms with E-state index in [1.165, 1.54) is 59.5 Å². The number of halogens is 1. The van der Waals surface area contributed by atoms with Crippen LogP contribution in [0.3, 0.4) is 0 Å². The number of benzene rings is 2. The molecular weight excluding hydrogens is 469 g/mol. The van der Waals surface area contributed by atoms with Gasteiger partial charge in [0.25, 0.3) is 17.2 Å². The second kappa shape index (κ2) is 9.11. The highest BCUT2D eigenvalue weighted by molar-refractivity contribution is 7.89. The van der Waals surface area contributed by atoms with Gasteiger partial charge in [0, 0.05) is 44.4 Å². The van der Waals surface area contributed by atoms with Gasteiger partial charge < -0.3 is 4.90 Å². The molecule has 1 aliphatic heterocycles. The van der Waals surface area contributed by atoms with Gasteiger partial charge in [-0.15, -0.1) is 0 Å². The van der Waals surface area contributed by atoms with Gasteiger partial charge in [0.15, 0.2) is 0 Å². The lowest BCUT2D eigenvalue weighted by molar-refractivity contribution is -0.385. The molecule has 1 aromatic heterocycles. The summed E-state index contributed by atoms with van der Waals surface area (Å²) in [7, 11) is -3.98. The second-order valence-electron chi connectivity index (χ2n) is 7.40. The molecule has 1 amide bonds. The van der Waals surface area contributed by atoms with Crippen LogP contribution in [0.1, 0.15) is 10.5 Å². The van der Waals surface area contributed by atoms with Crippen LogP contribution < -0.4 is 5.56 Å². The zero-order valence-electron chi connectivity index (χ0n) is 17.6. The van der Waals surface area contributed by atoms with E-state index in [4.69, 9.17) is 0 Å². The normalized spacial score (nSPS) is 14.7. The Morgan fingerprint density at radius 1 is 1.00 bits per heavy atom. The average Bonchev–Trinajstić information content (AvgIpc) is 2.84. The molecule has 13 heteroatoms. The lowest BCUT2D eigenvalue weighted by atomic mass is 10.3. The van der Waals surface area contributed by atoms with Gasteiger partial charge in [0.05, 0.1) is 15.5 Å². The zero-order valence-corrected chi connectivity index (χ0v) is 18.4. The maximum absolute atomic E-state index is 13.2. The van der Waals surface area contributed by atoms with E-state index in [1.807, 2.05) is 0 Å². The molecule has 1 saturated heterocycles. The van der Waals surface area contributed by atoms with Crippen LogP contribution >= 0.6 is 0 Å². The van der Waals surface area contributed by atoms with Gasteiger partial charge in [-0.2, -0.15) is 14.1 Å². The predicted octanol–water partition coefficient (Wildman–Crippen LogP) is 1.43. The lowest BCUT2D eigenvalue weighted by Gasteiger charge is -2.33.